The molecule has 0 spiro atoms. The first kappa shape index (κ1) is 18.1. The van der Waals surface area contributed by atoms with Gasteiger partial charge in [-0.2, -0.15) is 0 Å². The fourth-order valence-electron chi connectivity index (χ4n) is 2.22. The summed E-state index contributed by atoms with van der Waals surface area (Å²) in [6, 6.07) is 2.23. The van der Waals surface area contributed by atoms with Gasteiger partial charge in [0, 0.05) is 11.6 Å². The van der Waals surface area contributed by atoms with Crippen molar-refractivity contribution >= 4 is 10.0 Å². The average molecular weight is 317 g/mol. The fourth-order valence-corrected chi connectivity index (χ4v) is 3.78. The van der Waals surface area contributed by atoms with Crippen LogP contribution >= 0.6 is 0 Å². The van der Waals surface area contributed by atoms with E-state index in [0.29, 0.717) is 5.92 Å². The minimum absolute atomic E-state index is 0.0652. The highest BCUT2D eigenvalue weighted by Crippen LogP contribution is 2.21. The lowest BCUT2D eigenvalue weighted by Crippen LogP contribution is -2.34. The molecule has 2 atom stereocenters. The predicted octanol–water partition coefficient (Wildman–Crippen LogP) is 2.73. The zero-order valence-electron chi connectivity index (χ0n) is 13.0. The zero-order valence-corrected chi connectivity index (χ0v) is 13.8. The summed E-state index contributed by atoms with van der Waals surface area (Å²) in [5, 5.41) is 9.09. The molecule has 0 amide bonds. The van der Waals surface area contributed by atoms with E-state index in [-0.39, 0.29) is 22.1 Å². The molecule has 0 aliphatic heterocycles. The molecule has 21 heavy (non-hydrogen) atoms. The Hall–Kier alpha value is -0.980. The number of aliphatic hydroxyl groups is 1. The molecule has 0 aliphatic carbocycles. The number of benzene rings is 1. The molecule has 0 heterocycles. The molecule has 4 nitrogen and oxygen atoms in total. The van der Waals surface area contributed by atoms with Gasteiger partial charge in [0.2, 0.25) is 10.0 Å². The molecule has 0 saturated heterocycles. The second-order valence-electron chi connectivity index (χ2n) is 5.63. The molecule has 1 rings (SSSR count). The van der Waals surface area contributed by atoms with Crippen molar-refractivity contribution in [2.75, 3.05) is 0 Å². The third kappa shape index (κ3) is 4.76. The summed E-state index contributed by atoms with van der Waals surface area (Å²) in [4.78, 5) is -0.109. The van der Waals surface area contributed by atoms with Gasteiger partial charge in [0.15, 0.2) is 0 Å². The van der Waals surface area contributed by atoms with Gasteiger partial charge in [-0.1, -0.05) is 20.3 Å². The van der Waals surface area contributed by atoms with Crippen LogP contribution in [-0.4, -0.2) is 19.6 Å². The number of hydrogen-bond acceptors (Lipinski definition) is 3. The van der Waals surface area contributed by atoms with Crippen molar-refractivity contribution in [3.63, 3.8) is 0 Å². The maximum atomic E-state index is 13.8. The maximum Gasteiger partial charge on any atom is 0.241 e. The lowest BCUT2D eigenvalue weighted by molar-refractivity contribution is 0.281. The lowest BCUT2D eigenvalue weighted by Gasteiger charge is -2.19. The van der Waals surface area contributed by atoms with Crippen LogP contribution in [0, 0.1) is 18.7 Å². The van der Waals surface area contributed by atoms with Crippen LogP contribution < -0.4 is 4.72 Å². The van der Waals surface area contributed by atoms with E-state index in [1.807, 2.05) is 0 Å². The fraction of sp³-hybridized carbons (Fsp3) is 0.600. The number of nitrogens with one attached hydrogen (secondary N) is 1. The summed E-state index contributed by atoms with van der Waals surface area (Å²) in [7, 11) is -3.80. The Morgan fingerprint density at radius 1 is 1.33 bits per heavy atom. The van der Waals surface area contributed by atoms with Crippen molar-refractivity contribution in [2.24, 2.45) is 5.92 Å². The molecule has 120 valence electrons. The third-order valence-corrected chi connectivity index (χ3v) is 5.35. The molecule has 6 heteroatoms. The smallest absolute Gasteiger partial charge is 0.241 e. The summed E-state index contributed by atoms with van der Waals surface area (Å²) in [6.07, 6.45) is 1.69. The van der Waals surface area contributed by atoms with Crippen molar-refractivity contribution in [1.82, 2.24) is 4.72 Å². The molecule has 1 aromatic rings. The molecule has 1 aromatic carbocycles. The monoisotopic (exact) mass is 317 g/mol. The van der Waals surface area contributed by atoms with Gasteiger partial charge < -0.3 is 5.11 Å². The summed E-state index contributed by atoms with van der Waals surface area (Å²) in [6.45, 7) is 6.93. The topological polar surface area (TPSA) is 66.4 Å². The summed E-state index contributed by atoms with van der Waals surface area (Å²) < 4.78 is 41.1. The first-order valence-electron chi connectivity index (χ1n) is 7.13. The number of sulfonamides is 1. The highest BCUT2D eigenvalue weighted by atomic mass is 32.2. The predicted molar refractivity (Wildman–Crippen MR) is 80.9 cm³/mol. The number of hydrogen-bond donors (Lipinski definition) is 2. The highest BCUT2D eigenvalue weighted by molar-refractivity contribution is 7.89. The molecular weight excluding hydrogens is 293 g/mol. The van der Waals surface area contributed by atoms with Crippen LogP contribution in [0.25, 0.3) is 0 Å². The van der Waals surface area contributed by atoms with Crippen molar-refractivity contribution in [2.45, 2.75) is 58.1 Å². The largest absolute Gasteiger partial charge is 0.392 e. The number of rotatable bonds is 7. The van der Waals surface area contributed by atoms with Crippen LogP contribution in [0.3, 0.4) is 0 Å². The van der Waals surface area contributed by atoms with E-state index in [4.69, 9.17) is 5.11 Å². The Bertz CT molecular complexity index is 587. The Morgan fingerprint density at radius 2 is 1.95 bits per heavy atom. The number of aliphatic hydroxyl groups excluding tert-OH is 1. The van der Waals surface area contributed by atoms with E-state index in [2.05, 4.69) is 18.6 Å². The SMILES string of the molecule is CCC(C)CC(C)NS(=O)(=O)c1cc(CO)cc(F)c1C. The minimum atomic E-state index is -3.80. The first-order chi connectivity index (χ1) is 9.71. The number of halogens is 1. The summed E-state index contributed by atoms with van der Waals surface area (Å²) >= 11 is 0. The van der Waals surface area contributed by atoms with E-state index < -0.39 is 22.4 Å². The molecule has 0 bridgehead atoms. The van der Waals surface area contributed by atoms with Crippen LogP contribution in [0.1, 0.15) is 44.7 Å². The van der Waals surface area contributed by atoms with E-state index in [1.54, 1.807) is 6.92 Å². The van der Waals surface area contributed by atoms with E-state index >= 15 is 0 Å². The van der Waals surface area contributed by atoms with Crippen molar-refractivity contribution in [1.29, 1.82) is 0 Å². The Morgan fingerprint density at radius 3 is 2.48 bits per heavy atom. The van der Waals surface area contributed by atoms with Crippen LogP contribution in [0.4, 0.5) is 4.39 Å². The summed E-state index contributed by atoms with van der Waals surface area (Å²) in [5.41, 5.74) is 0.309. The molecular formula is C15H24FNO3S. The van der Waals surface area contributed by atoms with Crippen LogP contribution in [-0.2, 0) is 16.6 Å². The second-order valence-corrected chi connectivity index (χ2v) is 7.31. The standard InChI is InChI=1S/C15H24FNO3S/c1-5-10(2)6-11(3)17-21(19,20)15-8-13(9-18)7-14(16)12(15)4/h7-8,10-11,17-18H,5-6,9H2,1-4H3. The van der Waals surface area contributed by atoms with Crippen LogP contribution in [0.5, 0.6) is 0 Å². The van der Waals surface area contributed by atoms with E-state index in [1.165, 1.54) is 13.0 Å². The molecule has 2 unspecified atom stereocenters. The van der Waals surface area contributed by atoms with Gasteiger partial charge in [0.05, 0.1) is 11.5 Å². The molecule has 0 radical (unpaired) electrons. The summed E-state index contributed by atoms with van der Waals surface area (Å²) in [5.74, 6) is -0.221. The third-order valence-electron chi connectivity index (χ3n) is 3.64. The van der Waals surface area contributed by atoms with Gasteiger partial charge in [0.25, 0.3) is 0 Å². The molecule has 0 saturated carbocycles. The molecule has 2 N–H and O–H groups in total. The molecule has 0 fully saturated rings. The Kier molecular flexibility index (Phi) is 6.31. The van der Waals surface area contributed by atoms with Crippen LogP contribution in [0.15, 0.2) is 17.0 Å². The Balaban J connectivity index is 3.05. The van der Waals surface area contributed by atoms with Gasteiger partial charge in [0.1, 0.15) is 5.82 Å². The van der Waals surface area contributed by atoms with Gasteiger partial charge in [-0.15, -0.1) is 0 Å². The zero-order chi connectivity index (χ0) is 16.2. The first-order valence-corrected chi connectivity index (χ1v) is 8.61. The normalized spacial score (nSPS) is 15.0. The molecule has 0 aliphatic rings. The second kappa shape index (κ2) is 7.33. The van der Waals surface area contributed by atoms with E-state index in [0.717, 1.165) is 18.9 Å². The quantitative estimate of drug-likeness (QED) is 0.812. The van der Waals surface area contributed by atoms with Gasteiger partial charge in [-0.25, -0.2) is 17.5 Å². The van der Waals surface area contributed by atoms with E-state index in [9.17, 15) is 12.8 Å². The molecule has 0 aromatic heterocycles. The van der Waals surface area contributed by atoms with Gasteiger partial charge in [-0.3, -0.25) is 0 Å². The van der Waals surface area contributed by atoms with Gasteiger partial charge >= 0.3 is 0 Å². The van der Waals surface area contributed by atoms with Crippen molar-refractivity contribution in [3.8, 4) is 0 Å². The Labute approximate surface area is 126 Å². The lowest BCUT2D eigenvalue weighted by atomic mass is 10.0. The minimum Gasteiger partial charge on any atom is -0.392 e. The van der Waals surface area contributed by atoms with Crippen molar-refractivity contribution in [3.05, 3.63) is 29.1 Å². The average Bonchev–Trinajstić information content (AvgIpc) is 2.40. The van der Waals surface area contributed by atoms with Crippen LogP contribution in [0.2, 0.25) is 0 Å². The highest BCUT2D eigenvalue weighted by Gasteiger charge is 2.22. The van der Waals surface area contributed by atoms with Gasteiger partial charge in [-0.05, 0) is 43.9 Å². The van der Waals surface area contributed by atoms with Crippen molar-refractivity contribution < 1.29 is 17.9 Å². The maximum absolute atomic E-state index is 13.8.